The van der Waals surface area contributed by atoms with E-state index in [2.05, 4.69) is 21.3 Å². The Morgan fingerprint density at radius 3 is 2.62 bits per heavy atom. The van der Waals surface area contributed by atoms with E-state index >= 15 is 0 Å². The smallest absolute Gasteiger partial charge is 0.255 e. The Balaban J connectivity index is 1.17. The van der Waals surface area contributed by atoms with Gasteiger partial charge in [0.1, 0.15) is 6.04 Å². The molecule has 8 nitrogen and oxygen atoms in total. The fraction of sp³-hybridized carbons (Fsp3) is 0.462. The first-order valence-electron chi connectivity index (χ1n) is 12.1. The van der Waals surface area contributed by atoms with E-state index in [1.165, 1.54) is 5.56 Å². The fourth-order valence-corrected chi connectivity index (χ4v) is 6.22. The maximum atomic E-state index is 12.9. The molecule has 8 heteroatoms. The zero-order valence-corrected chi connectivity index (χ0v) is 18.9. The molecular weight excluding hydrogens is 432 g/mol. The predicted octanol–water partition coefficient (Wildman–Crippen LogP) is 1.71. The number of carbonyl (C=O) groups is 3. The van der Waals surface area contributed by atoms with Gasteiger partial charge in [0.25, 0.3) is 5.91 Å². The Labute approximate surface area is 198 Å². The number of aliphatic hydroxyl groups excluding tert-OH is 1. The minimum absolute atomic E-state index is 0.123. The van der Waals surface area contributed by atoms with Crippen molar-refractivity contribution in [2.24, 2.45) is 11.8 Å². The Hall–Kier alpha value is -3.10. The summed E-state index contributed by atoms with van der Waals surface area (Å²) in [6.07, 6.45) is 4.16. The maximum absolute atomic E-state index is 12.9. The quantitative estimate of drug-likeness (QED) is 0.674. The molecule has 3 aliphatic heterocycles. The number of imide groups is 1. The van der Waals surface area contributed by atoms with Crippen LogP contribution in [-0.2, 0) is 22.7 Å². The zero-order chi connectivity index (χ0) is 23.4. The van der Waals surface area contributed by atoms with Gasteiger partial charge in [0.2, 0.25) is 11.8 Å². The van der Waals surface area contributed by atoms with Crippen LogP contribution in [0.3, 0.4) is 0 Å². The van der Waals surface area contributed by atoms with Gasteiger partial charge < -0.3 is 10.0 Å². The number of carbonyl (C=O) groups excluding carboxylic acids is 3. The van der Waals surface area contributed by atoms with Crippen LogP contribution in [0.2, 0.25) is 0 Å². The van der Waals surface area contributed by atoms with Crippen molar-refractivity contribution in [1.82, 2.24) is 20.1 Å². The van der Waals surface area contributed by atoms with Gasteiger partial charge >= 0.3 is 0 Å². The highest BCUT2D eigenvalue weighted by molar-refractivity contribution is 6.05. The molecule has 0 bridgehead atoms. The SMILES string of the molecule is O=C1CC[C@@H](N2Cc3cc(-c4cc(CN5CC6CC(O)CC6C5)ccn4)ccc3C2=O)C(=O)N1. The Morgan fingerprint density at radius 2 is 1.85 bits per heavy atom. The monoisotopic (exact) mass is 460 g/mol. The summed E-state index contributed by atoms with van der Waals surface area (Å²) in [5.41, 5.74) is 4.50. The average Bonchev–Trinajstić information content (AvgIpc) is 3.44. The lowest BCUT2D eigenvalue weighted by Gasteiger charge is -2.29. The molecule has 34 heavy (non-hydrogen) atoms. The molecule has 3 amide bonds. The average molecular weight is 461 g/mol. The molecule has 1 saturated carbocycles. The topological polar surface area (TPSA) is 103 Å². The van der Waals surface area contributed by atoms with Crippen molar-refractivity contribution in [3.63, 3.8) is 0 Å². The molecule has 176 valence electrons. The van der Waals surface area contributed by atoms with Crippen LogP contribution < -0.4 is 5.32 Å². The molecule has 2 saturated heterocycles. The van der Waals surface area contributed by atoms with Gasteiger partial charge in [-0.1, -0.05) is 6.07 Å². The first-order valence-corrected chi connectivity index (χ1v) is 12.1. The molecule has 6 rings (SSSR count). The number of piperidine rings is 1. The molecule has 0 radical (unpaired) electrons. The fourth-order valence-electron chi connectivity index (χ4n) is 6.22. The van der Waals surface area contributed by atoms with Crippen molar-refractivity contribution in [3.05, 3.63) is 53.2 Å². The first-order chi connectivity index (χ1) is 16.4. The number of aromatic nitrogens is 1. The zero-order valence-electron chi connectivity index (χ0n) is 18.9. The van der Waals surface area contributed by atoms with Crippen molar-refractivity contribution in [3.8, 4) is 11.3 Å². The van der Waals surface area contributed by atoms with E-state index in [-0.39, 0.29) is 24.3 Å². The van der Waals surface area contributed by atoms with Crippen molar-refractivity contribution in [2.75, 3.05) is 13.1 Å². The molecule has 2 N–H and O–H groups in total. The molecule has 2 aromatic rings. The van der Waals surface area contributed by atoms with Gasteiger partial charge in [-0.3, -0.25) is 29.6 Å². The van der Waals surface area contributed by atoms with Crippen LogP contribution in [0.4, 0.5) is 0 Å². The summed E-state index contributed by atoms with van der Waals surface area (Å²) in [6.45, 7) is 3.30. The molecule has 0 spiro atoms. The summed E-state index contributed by atoms with van der Waals surface area (Å²) in [5.74, 6) is 0.374. The Morgan fingerprint density at radius 1 is 1.06 bits per heavy atom. The largest absolute Gasteiger partial charge is 0.393 e. The molecule has 3 fully saturated rings. The van der Waals surface area contributed by atoms with Gasteiger partial charge in [0.15, 0.2) is 0 Å². The number of benzene rings is 1. The molecule has 4 aliphatic rings. The highest BCUT2D eigenvalue weighted by Crippen LogP contribution is 2.38. The van der Waals surface area contributed by atoms with E-state index < -0.39 is 11.9 Å². The Kier molecular flexibility index (Phi) is 5.22. The molecule has 4 heterocycles. The number of likely N-dealkylation sites (tertiary alicyclic amines) is 1. The lowest BCUT2D eigenvalue weighted by Crippen LogP contribution is -2.52. The van der Waals surface area contributed by atoms with Crippen molar-refractivity contribution < 1.29 is 19.5 Å². The molecule has 1 aromatic carbocycles. The maximum Gasteiger partial charge on any atom is 0.255 e. The van der Waals surface area contributed by atoms with Crippen LogP contribution in [0.5, 0.6) is 0 Å². The van der Waals surface area contributed by atoms with Crippen LogP contribution in [0.1, 0.15) is 47.2 Å². The number of hydrogen-bond acceptors (Lipinski definition) is 6. The van der Waals surface area contributed by atoms with E-state index in [4.69, 9.17) is 0 Å². The van der Waals surface area contributed by atoms with E-state index in [0.717, 1.165) is 49.3 Å². The molecule has 2 unspecified atom stereocenters. The number of hydrogen-bond donors (Lipinski definition) is 2. The highest BCUT2D eigenvalue weighted by Gasteiger charge is 2.40. The number of fused-ring (bicyclic) bond motifs is 2. The number of rotatable bonds is 4. The number of aliphatic hydroxyl groups is 1. The first kappa shape index (κ1) is 21.4. The van der Waals surface area contributed by atoms with Gasteiger partial charge in [-0.25, -0.2) is 0 Å². The van der Waals surface area contributed by atoms with Gasteiger partial charge in [-0.05, 0) is 66.5 Å². The highest BCUT2D eigenvalue weighted by atomic mass is 16.3. The summed E-state index contributed by atoms with van der Waals surface area (Å²) >= 11 is 0. The summed E-state index contributed by atoms with van der Waals surface area (Å²) in [6, 6.07) is 9.28. The van der Waals surface area contributed by atoms with Crippen molar-refractivity contribution >= 4 is 17.7 Å². The minimum Gasteiger partial charge on any atom is -0.393 e. The Bertz CT molecular complexity index is 1170. The van der Waals surface area contributed by atoms with Crippen molar-refractivity contribution in [2.45, 2.75) is 50.9 Å². The summed E-state index contributed by atoms with van der Waals surface area (Å²) in [4.78, 5) is 45.3. The minimum atomic E-state index is -0.608. The third-order valence-electron chi connectivity index (χ3n) is 7.85. The number of nitrogens with one attached hydrogen (secondary N) is 1. The normalized spacial score (nSPS) is 28.9. The second-order valence-electron chi connectivity index (χ2n) is 10.2. The lowest BCUT2D eigenvalue weighted by molar-refractivity contribution is -0.136. The number of pyridine rings is 1. The third kappa shape index (κ3) is 3.80. The van der Waals surface area contributed by atoms with Crippen molar-refractivity contribution in [1.29, 1.82) is 0 Å². The van der Waals surface area contributed by atoms with E-state index in [1.807, 2.05) is 30.5 Å². The van der Waals surface area contributed by atoms with Gasteiger partial charge in [-0.2, -0.15) is 0 Å². The third-order valence-corrected chi connectivity index (χ3v) is 7.85. The lowest BCUT2D eigenvalue weighted by atomic mass is 10.0. The van der Waals surface area contributed by atoms with E-state index in [0.29, 0.717) is 30.4 Å². The van der Waals surface area contributed by atoms with Crippen LogP contribution >= 0.6 is 0 Å². The van der Waals surface area contributed by atoms with Crippen LogP contribution in [-0.4, -0.2) is 62.8 Å². The second-order valence-corrected chi connectivity index (χ2v) is 10.2. The number of amides is 3. The predicted molar refractivity (Wildman–Crippen MR) is 123 cm³/mol. The number of nitrogens with zero attached hydrogens (tertiary/aromatic N) is 3. The molecule has 1 aromatic heterocycles. The van der Waals surface area contributed by atoms with Gasteiger partial charge in [-0.15, -0.1) is 0 Å². The second kappa shape index (κ2) is 8.29. The molecule has 1 aliphatic carbocycles. The van der Waals surface area contributed by atoms with E-state index in [9.17, 15) is 19.5 Å². The van der Waals surface area contributed by atoms with Gasteiger partial charge in [0, 0.05) is 49.9 Å². The summed E-state index contributed by atoms with van der Waals surface area (Å²) < 4.78 is 0. The summed E-state index contributed by atoms with van der Waals surface area (Å²) in [7, 11) is 0. The molecule has 3 atom stereocenters. The standard InChI is InChI=1S/C26H28N4O4/c31-20-9-17-12-29(13-18(17)10-20)11-15-5-6-27-22(7-15)16-1-2-21-19(8-16)14-30(26(21)34)23-3-4-24(32)28-25(23)33/h1-2,5-8,17-18,20,23,31H,3-4,9-14H2,(H,28,32,33)/t17?,18?,20?,23-/m1/s1. The summed E-state index contributed by atoms with van der Waals surface area (Å²) in [5, 5.41) is 12.2. The molecular formula is C26H28N4O4. The van der Waals surface area contributed by atoms with Crippen LogP contribution in [0.15, 0.2) is 36.5 Å². The van der Waals surface area contributed by atoms with E-state index in [1.54, 1.807) is 4.90 Å². The van der Waals surface area contributed by atoms with Crippen LogP contribution in [0.25, 0.3) is 11.3 Å². The van der Waals surface area contributed by atoms with Crippen LogP contribution in [0, 0.1) is 11.8 Å². The van der Waals surface area contributed by atoms with Gasteiger partial charge in [0.05, 0.1) is 11.8 Å².